The Balaban J connectivity index is 2.08. The largest absolute Gasteiger partial charge is 0.436 e. The van der Waals surface area contributed by atoms with Crippen LogP contribution in [0.5, 0.6) is 0 Å². The maximum absolute atomic E-state index is 5.93. The maximum Gasteiger partial charge on any atom is 0.227 e. The standard InChI is InChI=1S/C16H15N3O/c17-9-8-14-15(13-7-4-10-18-11-13)20-16(19-14)12-5-2-1-3-6-12/h1-7,10-11H,8-9,17H2. The SMILES string of the molecule is NCCc1nc(-c2ccccc2)oc1-c1cccnc1. The zero-order valence-electron chi connectivity index (χ0n) is 11.0. The summed E-state index contributed by atoms with van der Waals surface area (Å²) in [6.45, 7) is 0.536. The van der Waals surface area contributed by atoms with Gasteiger partial charge in [0.1, 0.15) is 0 Å². The lowest BCUT2D eigenvalue weighted by molar-refractivity contribution is 0.587. The molecule has 20 heavy (non-hydrogen) atoms. The Bertz CT molecular complexity index is 677. The number of aromatic nitrogens is 2. The van der Waals surface area contributed by atoms with Crippen LogP contribution < -0.4 is 5.73 Å². The minimum atomic E-state index is 0.536. The number of rotatable bonds is 4. The summed E-state index contributed by atoms with van der Waals surface area (Å²) >= 11 is 0. The minimum absolute atomic E-state index is 0.536. The first-order valence-corrected chi connectivity index (χ1v) is 6.54. The lowest BCUT2D eigenvalue weighted by atomic mass is 10.1. The zero-order valence-corrected chi connectivity index (χ0v) is 11.0. The van der Waals surface area contributed by atoms with Crippen LogP contribution in [0.4, 0.5) is 0 Å². The van der Waals surface area contributed by atoms with Crippen molar-refractivity contribution in [3.63, 3.8) is 0 Å². The molecule has 0 unspecified atom stereocenters. The molecule has 0 saturated carbocycles. The molecule has 2 heterocycles. The van der Waals surface area contributed by atoms with Gasteiger partial charge in [-0.3, -0.25) is 4.98 Å². The molecule has 3 rings (SSSR count). The highest BCUT2D eigenvalue weighted by Gasteiger charge is 2.15. The van der Waals surface area contributed by atoms with E-state index in [9.17, 15) is 0 Å². The van der Waals surface area contributed by atoms with Gasteiger partial charge in [0.2, 0.25) is 5.89 Å². The fourth-order valence-electron chi connectivity index (χ4n) is 2.08. The Morgan fingerprint density at radius 3 is 2.50 bits per heavy atom. The van der Waals surface area contributed by atoms with Gasteiger partial charge < -0.3 is 10.2 Å². The Labute approximate surface area is 117 Å². The van der Waals surface area contributed by atoms with Crippen molar-refractivity contribution in [2.24, 2.45) is 5.73 Å². The van der Waals surface area contributed by atoms with Gasteiger partial charge in [-0.15, -0.1) is 0 Å². The molecule has 0 saturated heterocycles. The molecule has 0 amide bonds. The van der Waals surface area contributed by atoms with E-state index < -0.39 is 0 Å². The summed E-state index contributed by atoms with van der Waals surface area (Å²) in [5, 5.41) is 0. The topological polar surface area (TPSA) is 64.9 Å². The van der Waals surface area contributed by atoms with E-state index in [2.05, 4.69) is 9.97 Å². The number of hydrogen-bond donors (Lipinski definition) is 1. The van der Waals surface area contributed by atoms with Crippen LogP contribution in [-0.4, -0.2) is 16.5 Å². The Kier molecular flexibility index (Phi) is 3.56. The predicted molar refractivity (Wildman–Crippen MR) is 77.9 cm³/mol. The molecular weight excluding hydrogens is 250 g/mol. The molecule has 0 bridgehead atoms. The van der Waals surface area contributed by atoms with Crippen molar-refractivity contribution < 1.29 is 4.42 Å². The molecular formula is C16H15N3O. The second-order valence-electron chi connectivity index (χ2n) is 4.44. The van der Waals surface area contributed by atoms with E-state index >= 15 is 0 Å². The summed E-state index contributed by atoms with van der Waals surface area (Å²) in [5.74, 6) is 1.37. The highest BCUT2D eigenvalue weighted by atomic mass is 16.4. The molecule has 100 valence electrons. The fraction of sp³-hybridized carbons (Fsp3) is 0.125. The summed E-state index contributed by atoms with van der Waals surface area (Å²) in [4.78, 5) is 8.70. The van der Waals surface area contributed by atoms with Gasteiger partial charge in [-0.25, -0.2) is 4.98 Å². The molecule has 0 aliphatic heterocycles. The number of nitrogens with two attached hydrogens (primary N) is 1. The molecule has 4 nitrogen and oxygen atoms in total. The molecule has 0 aliphatic rings. The average molecular weight is 265 g/mol. The van der Waals surface area contributed by atoms with Gasteiger partial charge in [-0.05, 0) is 30.8 Å². The van der Waals surface area contributed by atoms with E-state index in [1.807, 2.05) is 42.5 Å². The van der Waals surface area contributed by atoms with Gasteiger partial charge in [0, 0.05) is 29.9 Å². The molecule has 0 fully saturated rings. The van der Waals surface area contributed by atoms with E-state index in [1.165, 1.54) is 0 Å². The monoisotopic (exact) mass is 265 g/mol. The first-order chi connectivity index (χ1) is 9.88. The lowest BCUT2D eigenvalue weighted by Crippen LogP contribution is -2.04. The molecule has 0 aliphatic carbocycles. The van der Waals surface area contributed by atoms with Gasteiger partial charge in [0.25, 0.3) is 0 Å². The molecule has 0 atom stereocenters. The Morgan fingerprint density at radius 2 is 1.80 bits per heavy atom. The minimum Gasteiger partial charge on any atom is -0.436 e. The van der Waals surface area contributed by atoms with E-state index in [4.69, 9.17) is 10.2 Å². The summed E-state index contributed by atoms with van der Waals surface area (Å²) in [6.07, 6.45) is 4.19. The Morgan fingerprint density at radius 1 is 1.00 bits per heavy atom. The van der Waals surface area contributed by atoms with Crippen molar-refractivity contribution >= 4 is 0 Å². The summed E-state index contributed by atoms with van der Waals surface area (Å²) in [7, 11) is 0. The average Bonchev–Trinajstić information content (AvgIpc) is 2.94. The van der Waals surface area contributed by atoms with Crippen LogP contribution in [0, 0.1) is 0 Å². The first-order valence-electron chi connectivity index (χ1n) is 6.54. The van der Waals surface area contributed by atoms with E-state index in [0.717, 1.165) is 22.6 Å². The van der Waals surface area contributed by atoms with Crippen molar-refractivity contribution in [2.75, 3.05) is 6.54 Å². The van der Waals surface area contributed by atoms with Crippen LogP contribution in [-0.2, 0) is 6.42 Å². The van der Waals surface area contributed by atoms with Gasteiger partial charge in [0.05, 0.1) is 5.69 Å². The van der Waals surface area contributed by atoms with Gasteiger partial charge in [-0.2, -0.15) is 0 Å². The Hall–Kier alpha value is -2.46. The van der Waals surface area contributed by atoms with Crippen LogP contribution in [0.3, 0.4) is 0 Å². The highest BCUT2D eigenvalue weighted by Crippen LogP contribution is 2.29. The third kappa shape index (κ3) is 2.46. The molecule has 0 spiro atoms. The number of pyridine rings is 1. The smallest absolute Gasteiger partial charge is 0.227 e. The third-order valence-electron chi connectivity index (χ3n) is 3.02. The van der Waals surface area contributed by atoms with Crippen molar-refractivity contribution in [1.29, 1.82) is 0 Å². The molecule has 2 aromatic heterocycles. The summed E-state index contributed by atoms with van der Waals surface area (Å²) < 4.78 is 5.93. The quantitative estimate of drug-likeness (QED) is 0.787. The van der Waals surface area contributed by atoms with Gasteiger partial charge >= 0.3 is 0 Å². The van der Waals surface area contributed by atoms with Crippen LogP contribution >= 0.6 is 0 Å². The fourth-order valence-corrected chi connectivity index (χ4v) is 2.08. The van der Waals surface area contributed by atoms with Crippen molar-refractivity contribution in [3.05, 3.63) is 60.6 Å². The summed E-state index contributed by atoms with van der Waals surface area (Å²) in [5.41, 5.74) is 8.41. The van der Waals surface area contributed by atoms with Crippen LogP contribution in [0.1, 0.15) is 5.69 Å². The van der Waals surface area contributed by atoms with E-state index in [1.54, 1.807) is 12.4 Å². The maximum atomic E-state index is 5.93. The molecule has 1 aromatic carbocycles. The normalized spacial score (nSPS) is 10.7. The van der Waals surface area contributed by atoms with Crippen LogP contribution in [0.15, 0.2) is 59.3 Å². The predicted octanol–water partition coefficient (Wildman–Crippen LogP) is 2.90. The highest BCUT2D eigenvalue weighted by molar-refractivity contribution is 5.63. The van der Waals surface area contributed by atoms with Crippen molar-refractivity contribution in [1.82, 2.24) is 9.97 Å². The van der Waals surface area contributed by atoms with Crippen molar-refractivity contribution in [2.45, 2.75) is 6.42 Å². The first kappa shape index (κ1) is 12.6. The second kappa shape index (κ2) is 5.67. The lowest BCUT2D eigenvalue weighted by Gasteiger charge is -1.98. The van der Waals surface area contributed by atoms with E-state index in [-0.39, 0.29) is 0 Å². The van der Waals surface area contributed by atoms with Gasteiger partial charge in [-0.1, -0.05) is 18.2 Å². The van der Waals surface area contributed by atoms with E-state index in [0.29, 0.717) is 18.9 Å². The second-order valence-corrected chi connectivity index (χ2v) is 4.44. The molecule has 3 aromatic rings. The number of benzene rings is 1. The van der Waals surface area contributed by atoms with Crippen molar-refractivity contribution in [3.8, 4) is 22.8 Å². The third-order valence-corrected chi connectivity index (χ3v) is 3.02. The summed E-state index contributed by atoms with van der Waals surface area (Å²) in [6, 6.07) is 13.7. The van der Waals surface area contributed by atoms with Gasteiger partial charge in [0.15, 0.2) is 5.76 Å². The molecule has 2 N–H and O–H groups in total. The molecule has 4 heteroatoms. The van der Waals surface area contributed by atoms with Crippen LogP contribution in [0.2, 0.25) is 0 Å². The zero-order chi connectivity index (χ0) is 13.8. The number of nitrogens with zero attached hydrogens (tertiary/aromatic N) is 2. The number of oxazole rings is 1. The number of hydrogen-bond acceptors (Lipinski definition) is 4. The van der Waals surface area contributed by atoms with Crippen LogP contribution in [0.25, 0.3) is 22.8 Å². The molecule has 0 radical (unpaired) electrons.